The number of carbonyl (C=O) groups excluding carboxylic acids is 1. The summed E-state index contributed by atoms with van der Waals surface area (Å²) >= 11 is 0. The molecule has 37 heavy (non-hydrogen) atoms. The van der Waals surface area contributed by atoms with Crippen LogP contribution in [-0.4, -0.2) is 88.2 Å². The molecule has 0 saturated carbocycles. The van der Waals surface area contributed by atoms with E-state index in [-0.39, 0.29) is 5.57 Å². The first-order chi connectivity index (χ1) is 17.6. The van der Waals surface area contributed by atoms with E-state index in [0.29, 0.717) is 5.56 Å². The maximum absolute atomic E-state index is 12.5. The molecule has 2 aliphatic rings. The van der Waals surface area contributed by atoms with Gasteiger partial charge in [-0.05, 0) is 6.07 Å². The van der Waals surface area contributed by atoms with Crippen molar-refractivity contribution < 1.29 is 58.6 Å². The minimum Gasteiger partial charge on any atom is -0.476 e. The van der Waals surface area contributed by atoms with Gasteiger partial charge in [0.25, 0.3) is 6.04 Å². The fourth-order valence-electron chi connectivity index (χ4n) is 4.11. The van der Waals surface area contributed by atoms with Crippen molar-refractivity contribution in [2.45, 2.75) is 50.0 Å². The van der Waals surface area contributed by atoms with Crippen LogP contribution in [0.5, 0.6) is 0 Å². The molecule has 0 spiro atoms. The molecule has 0 aromatic carbocycles. The first kappa shape index (κ1) is 28.4. The quantitative estimate of drug-likeness (QED) is 0.157. The average molecular weight is 523 g/mol. The van der Waals surface area contributed by atoms with Gasteiger partial charge in [-0.2, -0.15) is 4.57 Å². The maximum Gasteiger partial charge on any atom is 0.373 e. The molecule has 0 radical (unpaired) electrons. The minimum absolute atomic E-state index is 0.153. The van der Waals surface area contributed by atoms with Crippen molar-refractivity contribution in [1.29, 1.82) is 0 Å². The molecule has 1 aromatic rings. The van der Waals surface area contributed by atoms with Gasteiger partial charge in [0.05, 0.1) is 31.5 Å². The number of pyridine rings is 1. The third-order valence-electron chi connectivity index (χ3n) is 6.37. The summed E-state index contributed by atoms with van der Waals surface area (Å²) in [5, 5.41) is 49.1. The van der Waals surface area contributed by atoms with E-state index in [2.05, 4.69) is 6.58 Å². The summed E-state index contributed by atoms with van der Waals surface area (Å²) in [6.45, 7) is 4.73. The van der Waals surface area contributed by atoms with Crippen molar-refractivity contribution in [1.82, 2.24) is 0 Å². The Bertz CT molecular complexity index is 1040. The third-order valence-corrected chi connectivity index (χ3v) is 6.37. The number of aromatic nitrogens is 1. The summed E-state index contributed by atoms with van der Waals surface area (Å²) in [7, 11) is 1.22. The van der Waals surface area contributed by atoms with Gasteiger partial charge in [0, 0.05) is 24.5 Å². The standard InChI is InChI=1S/C25H31NO11/c1-4-15-16(8-7-14-6-5-9-26(10-14)13(2)22(31)32)17(23(33)34-3)12-35-24(15)37-25-21(30)20(29)19(28)18(11-27)36-25/h4-10,12-13,15-16,18-21,24-25,27-30H,1,11H2,2-3H3/p+1/b8-7+/t13-,15+,16-,18-,19-,20+,21-,24-,25+/m0/s1. The summed E-state index contributed by atoms with van der Waals surface area (Å²) in [4.78, 5) is 23.8. The van der Waals surface area contributed by atoms with Gasteiger partial charge in [-0.15, -0.1) is 6.58 Å². The molecule has 12 nitrogen and oxygen atoms in total. The second kappa shape index (κ2) is 12.4. The number of carbonyl (C=O) groups is 2. The van der Waals surface area contributed by atoms with E-state index in [4.69, 9.17) is 18.9 Å². The molecule has 3 heterocycles. The summed E-state index contributed by atoms with van der Waals surface area (Å²) in [6, 6.07) is 2.66. The van der Waals surface area contributed by atoms with Gasteiger partial charge in [0.1, 0.15) is 24.4 Å². The number of hydrogen-bond acceptors (Lipinski definition) is 10. The fourth-order valence-corrected chi connectivity index (χ4v) is 4.11. The Morgan fingerprint density at radius 1 is 1.22 bits per heavy atom. The van der Waals surface area contributed by atoms with E-state index in [1.54, 1.807) is 43.6 Å². The molecule has 0 bridgehead atoms. The minimum atomic E-state index is -1.65. The number of rotatable bonds is 9. The smallest absolute Gasteiger partial charge is 0.373 e. The van der Waals surface area contributed by atoms with E-state index < -0.39 is 73.4 Å². The third kappa shape index (κ3) is 6.24. The number of aliphatic hydroxyl groups is 4. The van der Waals surface area contributed by atoms with Gasteiger partial charge in [0.2, 0.25) is 6.29 Å². The van der Waals surface area contributed by atoms with Crippen LogP contribution in [0.3, 0.4) is 0 Å². The zero-order valence-corrected chi connectivity index (χ0v) is 20.4. The number of ether oxygens (including phenoxy) is 4. The van der Waals surface area contributed by atoms with Crippen molar-refractivity contribution >= 4 is 18.0 Å². The Labute approximate surface area is 213 Å². The molecule has 3 rings (SSSR count). The molecular formula is C25H32NO11+. The van der Waals surface area contributed by atoms with Crippen LogP contribution < -0.4 is 4.57 Å². The highest BCUT2D eigenvalue weighted by Gasteiger charge is 2.47. The molecule has 0 amide bonds. The number of esters is 1. The van der Waals surface area contributed by atoms with Crippen molar-refractivity contribution in [3.05, 3.63) is 60.7 Å². The van der Waals surface area contributed by atoms with Crippen molar-refractivity contribution in [3.63, 3.8) is 0 Å². The number of allylic oxidation sites excluding steroid dienone is 1. The highest BCUT2D eigenvalue weighted by molar-refractivity contribution is 5.89. The second-order valence-electron chi connectivity index (χ2n) is 8.70. The van der Waals surface area contributed by atoms with Crippen LogP contribution in [0.1, 0.15) is 18.5 Å². The fraction of sp³-hybridized carbons (Fsp3) is 0.480. The summed E-state index contributed by atoms with van der Waals surface area (Å²) in [5.41, 5.74) is 0.806. The zero-order chi connectivity index (χ0) is 27.3. The molecule has 12 heteroatoms. The molecule has 1 saturated heterocycles. The first-order valence-electron chi connectivity index (χ1n) is 11.6. The van der Waals surface area contributed by atoms with Crippen LogP contribution >= 0.6 is 0 Å². The number of hydrogen-bond donors (Lipinski definition) is 5. The van der Waals surface area contributed by atoms with Gasteiger partial charge in [-0.25, -0.2) is 9.59 Å². The number of aliphatic carboxylic acids is 1. The van der Waals surface area contributed by atoms with Gasteiger partial charge in [0.15, 0.2) is 18.7 Å². The molecule has 202 valence electrons. The van der Waals surface area contributed by atoms with Crippen LogP contribution in [0.4, 0.5) is 0 Å². The normalized spacial score (nSPS) is 32.8. The summed E-state index contributed by atoms with van der Waals surface area (Å²) in [5.74, 6) is -3.04. The first-order valence-corrected chi connectivity index (χ1v) is 11.6. The number of carboxylic acids is 1. The van der Waals surface area contributed by atoms with Gasteiger partial charge >= 0.3 is 11.9 Å². The molecule has 1 aromatic heterocycles. The molecule has 5 N–H and O–H groups in total. The SMILES string of the molecule is C=C[C@H]1[C@H](O[C@H]2O[C@@H](CO)[C@H](O)[C@@H](O)[C@@H]2O)OC=C(C(=O)OC)[C@H]1/C=C/c1ccc[n+]([C@@H](C)C(=O)O)c1. The number of methoxy groups -OCH3 is 1. The number of aliphatic hydroxyl groups excluding tert-OH is 4. The summed E-state index contributed by atoms with van der Waals surface area (Å²) < 4.78 is 23.2. The highest BCUT2D eigenvalue weighted by atomic mass is 16.8. The largest absolute Gasteiger partial charge is 0.476 e. The molecular weight excluding hydrogens is 490 g/mol. The molecule has 2 aliphatic heterocycles. The Morgan fingerprint density at radius 3 is 2.57 bits per heavy atom. The Hall–Kier alpha value is -3.13. The van der Waals surface area contributed by atoms with Crippen molar-refractivity contribution in [2.75, 3.05) is 13.7 Å². The van der Waals surface area contributed by atoms with Crippen molar-refractivity contribution in [3.8, 4) is 0 Å². The number of nitrogens with zero attached hydrogens (tertiary/aromatic N) is 1. The van der Waals surface area contributed by atoms with E-state index in [0.717, 1.165) is 6.26 Å². The lowest BCUT2D eigenvalue weighted by molar-refractivity contribution is -0.707. The monoisotopic (exact) mass is 522 g/mol. The molecule has 1 fully saturated rings. The molecule has 0 unspecified atom stereocenters. The van der Waals surface area contributed by atoms with E-state index >= 15 is 0 Å². The van der Waals surface area contributed by atoms with Gasteiger partial charge < -0.3 is 44.5 Å². The Morgan fingerprint density at radius 2 is 1.95 bits per heavy atom. The topological polar surface area (TPSA) is 176 Å². The van der Waals surface area contributed by atoms with Crippen LogP contribution in [0, 0.1) is 11.8 Å². The predicted molar refractivity (Wildman–Crippen MR) is 125 cm³/mol. The lowest BCUT2D eigenvalue weighted by atomic mass is 9.83. The lowest BCUT2D eigenvalue weighted by Crippen LogP contribution is -2.60. The maximum atomic E-state index is 12.5. The van der Waals surface area contributed by atoms with Gasteiger partial charge in [-0.3, -0.25) is 0 Å². The highest BCUT2D eigenvalue weighted by Crippen LogP contribution is 2.36. The molecule has 9 atom stereocenters. The van der Waals surface area contributed by atoms with E-state index in [1.807, 2.05) is 0 Å². The van der Waals surface area contributed by atoms with E-state index in [9.17, 15) is 35.1 Å². The summed E-state index contributed by atoms with van der Waals surface area (Å²) in [6.07, 6.45) is 0.656. The zero-order valence-electron chi connectivity index (χ0n) is 20.4. The van der Waals surface area contributed by atoms with Crippen LogP contribution in [-0.2, 0) is 28.5 Å². The Kier molecular flexibility index (Phi) is 9.54. The van der Waals surface area contributed by atoms with Crippen LogP contribution in [0.15, 0.2) is 55.1 Å². The predicted octanol–water partition coefficient (Wildman–Crippen LogP) is -0.719. The average Bonchev–Trinajstić information content (AvgIpc) is 2.91. The van der Waals surface area contributed by atoms with E-state index in [1.165, 1.54) is 17.8 Å². The van der Waals surface area contributed by atoms with Crippen LogP contribution in [0.25, 0.3) is 6.08 Å². The lowest BCUT2D eigenvalue weighted by Gasteiger charge is -2.42. The van der Waals surface area contributed by atoms with Crippen molar-refractivity contribution in [2.24, 2.45) is 11.8 Å². The van der Waals surface area contributed by atoms with Crippen LogP contribution in [0.2, 0.25) is 0 Å². The number of carboxylic acid groups (broad SMARTS) is 1. The Balaban J connectivity index is 1.89. The van der Waals surface area contributed by atoms with Gasteiger partial charge in [-0.1, -0.05) is 18.2 Å². The molecule has 0 aliphatic carbocycles. The second-order valence-corrected chi connectivity index (χ2v) is 8.70.